The maximum atomic E-state index is 3.61. The third-order valence-corrected chi connectivity index (χ3v) is 4.39. The Hall–Kier alpha value is -2.84. The summed E-state index contributed by atoms with van der Waals surface area (Å²) in [5, 5.41) is 7.89. The number of H-pyrrole nitrogens is 1. The first kappa shape index (κ1) is 12.9. The molecule has 1 aromatic heterocycles. The number of para-hydroxylation sites is 1. The minimum Gasteiger partial charge on any atom is -0.354 e. The van der Waals surface area contributed by atoms with E-state index < -0.39 is 0 Å². The van der Waals surface area contributed by atoms with Crippen LogP contribution in [0.4, 0.5) is 0 Å². The zero-order chi connectivity index (χ0) is 13.8. The highest BCUT2D eigenvalue weighted by atomic mass is 14.7. The number of aromatic nitrogens is 1. The van der Waals surface area contributed by atoms with Crippen molar-refractivity contribution < 1.29 is 0 Å². The summed E-state index contributed by atoms with van der Waals surface area (Å²) < 4.78 is 0. The monoisotopic (exact) mass is 284 g/mol. The molecule has 0 saturated heterocycles. The lowest BCUT2D eigenvalue weighted by Crippen LogP contribution is -1.80. The molecule has 0 aliphatic rings. The van der Waals surface area contributed by atoms with Crippen molar-refractivity contribution in [2.75, 3.05) is 0 Å². The molecule has 5 aromatic rings. The van der Waals surface area contributed by atoms with Gasteiger partial charge in [0.2, 0.25) is 0 Å². The first-order chi connectivity index (χ1) is 10.4. The Labute approximate surface area is 128 Å². The van der Waals surface area contributed by atoms with Crippen LogP contribution in [-0.4, -0.2) is 4.98 Å². The molecule has 2 heteroatoms. The van der Waals surface area contributed by atoms with Crippen LogP contribution in [0, 0.1) is 0 Å². The van der Waals surface area contributed by atoms with Crippen molar-refractivity contribution in [1.82, 2.24) is 11.1 Å². The van der Waals surface area contributed by atoms with E-state index in [0.717, 1.165) is 0 Å². The third kappa shape index (κ3) is 1.53. The number of hydrogen-bond acceptors (Lipinski definition) is 1. The quantitative estimate of drug-likeness (QED) is 0.347. The summed E-state index contributed by atoms with van der Waals surface area (Å²) in [6.07, 6.45) is 0. The summed E-state index contributed by atoms with van der Waals surface area (Å²) in [5.41, 5.74) is 2.44. The van der Waals surface area contributed by atoms with E-state index in [4.69, 9.17) is 0 Å². The van der Waals surface area contributed by atoms with E-state index in [1.165, 1.54) is 43.4 Å². The normalized spacial score (nSPS) is 11.3. The molecule has 0 bridgehead atoms. The fraction of sp³-hybridized carbons (Fsp3) is 0. The Morgan fingerprint density at radius 1 is 0.500 bits per heavy atom. The van der Waals surface area contributed by atoms with Crippen molar-refractivity contribution in [2.45, 2.75) is 0 Å². The van der Waals surface area contributed by atoms with E-state index in [0.29, 0.717) is 0 Å². The van der Waals surface area contributed by atoms with Gasteiger partial charge in [0, 0.05) is 21.7 Å². The van der Waals surface area contributed by atoms with Crippen LogP contribution < -0.4 is 6.15 Å². The predicted molar refractivity (Wildman–Crippen MR) is 95.8 cm³/mol. The highest BCUT2D eigenvalue weighted by Gasteiger charge is 2.12. The van der Waals surface area contributed by atoms with Crippen molar-refractivity contribution in [2.24, 2.45) is 0 Å². The number of fused-ring (bicyclic) bond motifs is 8. The van der Waals surface area contributed by atoms with E-state index in [2.05, 4.69) is 77.8 Å². The number of nitrogens with one attached hydrogen (secondary N) is 1. The van der Waals surface area contributed by atoms with Crippen molar-refractivity contribution in [1.29, 1.82) is 0 Å². The topological polar surface area (TPSA) is 50.8 Å². The Bertz CT molecular complexity index is 1140. The van der Waals surface area contributed by atoms with E-state index >= 15 is 0 Å². The second kappa shape index (κ2) is 4.58. The van der Waals surface area contributed by atoms with E-state index in [9.17, 15) is 0 Å². The van der Waals surface area contributed by atoms with Crippen LogP contribution in [0.25, 0.3) is 43.4 Å². The fourth-order valence-electron chi connectivity index (χ4n) is 3.50. The summed E-state index contributed by atoms with van der Waals surface area (Å²) >= 11 is 0. The van der Waals surface area contributed by atoms with Gasteiger partial charge in [-0.15, -0.1) is 0 Å². The van der Waals surface area contributed by atoms with E-state index in [-0.39, 0.29) is 6.15 Å². The maximum Gasteiger partial charge on any atom is 0.0551 e. The smallest absolute Gasteiger partial charge is 0.0551 e. The van der Waals surface area contributed by atoms with Gasteiger partial charge >= 0.3 is 0 Å². The zero-order valence-electron chi connectivity index (χ0n) is 12.1. The van der Waals surface area contributed by atoms with Crippen LogP contribution in [0.15, 0.2) is 72.8 Å². The maximum absolute atomic E-state index is 3.61. The number of benzene rings is 4. The standard InChI is InChI=1S/C20H13N.H3N/c1-3-9-15-13(7-1)14-8-2-4-10-16(14)20-19(15)17-11-5-6-12-18(17)21-20;/h1-12,21H;1H3. The summed E-state index contributed by atoms with van der Waals surface area (Å²) in [6, 6.07) is 25.9. The summed E-state index contributed by atoms with van der Waals surface area (Å²) in [5.74, 6) is 0. The van der Waals surface area contributed by atoms with Crippen LogP contribution in [-0.2, 0) is 0 Å². The summed E-state index contributed by atoms with van der Waals surface area (Å²) in [7, 11) is 0. The van der Waals surface area contributed by atoms with Gasteiger partial charge in [-0.25, -0.2) is 0 Å². The Morgan fingerprint density at radius 3 is 1.73 bits per heavy atom. The number of rotatable bonds is 0. The molecule has 0 atom stereocenters. The van der Waals surface area contributed by atoms with Gasteiger partial charge in [-0.3, -0.25) is 0 Å². The molecule has 0 fully saturated rings. The molecule has 1 heterocycles. The average Bonchev–Trinajstić information content (AvgIpc) is 2.95. The highest BCUT2D eigenvalue weighted by Crippen LogP contribution is 2.38. The molecule has 0 unspecified atom stereocenters. The van der Waals surface area contributed by atoms with Crippen LogP contribution >= 0.6 is 0 Å². The lowest BCUT2D eigenvalue weighted by Gasteiger charge is -2.06. The van der Waals surface area contributed by atoms with Crippen molar-refractivity contribution in [3.05, 3.63) is 72.8 Å². The highest BCUT2D eigenvalue weighted by molar-refractivity contribution is 6.31. The summed E-state index contributed by atoms with van der Waals surface area (Å²) in [4.78, 5) is 3.61. The van der Waals surface area contributed by atoms with Gasteiger partial charge in [0.25, 0.3) is 0 Å². The van der Waals surface area contributed by atoms with Gasteiger partial charge in [-0.2, -0.15) is 0 Å². The zero-order valence-corrected chi connectivity index (χ0v) is 12.1. The Balaban J connectivity index is 0.00000125. The fourth-order valence-corrected chi connectivity index (χ4v) is 3.50. The van der Waals surface area contributed by atoms with Gasteiger partial charge in [-0.1, -0.05) is 66.7 Å². The second-order valence-electron chi connectivity index (χ2n) is 5.51. The van der Waals surface area contributed by atoms with Crippen molar-refractivity contribution >= 4 is 43.4 Å². The van der Waals surface area contributed by atoms with Crippen LogP contribution in [0.5, 0.6) is 0 Å². The molecule has 0 aliphatic heterocycles. The Morgan fingerprint density at radius 2 is 1.00 bits per heavy atom. The Kier molecular flexibility index (Phi) is 2.68. The SMILES string of the molecule is N.c1ccc2c(c1)[nH]c1c3ccccc3c3ccccc3c21. The number of hydrogen-bond donors (Lipinski definition) is 2. The van der Waals surface area contributed by atoms with Gasteiger partial charge < -0.3 is 11.1 Å². The van der Waals surface area contributed by atoms with Crippen molar-refractivity contribution in [3.8, 4) is 0 Å². The molecular weight excluding hydrogens is 268 g/mol. The average molecular weight is 284 g/mol. The molecule has 0 saturated carbocycles. The minimum atomic E-state index is 0. The summed E-state index contributed by atoms with van der Waals surface area (Å²) in [6.45, 7) is 0. The third-order valence-electron chi connectivity index (χ3n) is 4.39. The van der Waals surface area contributed by atoms with Crippen LogP contribution in [0.3, 0.4) is 0 Å². The van der Waals surface area contributed by atoms with Crippen molar-refractivity contribution in [3.63, 3.8) is 0 Å². The number of aromatic amines is 1. The molecule has 2 nitrogen and oxygen atoms in total. The molecular formula is C20H16N2. The van der Waals surface area contributed by atoms with Gasteiger partial charge in [0.1, 0.15) is 0 Å². The molecule has 0 aliphatic carbocycles. The molecule has 106 valence electrons. The van der Waals surface area contributed by atoms with E-state index in [1.807, 2.05) is 0 Å². The van der Waals surface area contributed by atoms with Crippen LogP contribution in [0.1, 0.15) is 0 Å². The molecule has 5 rings (SSSR count). The second-order valence-corrected chi connectivity index (χ2v) is 5.51. The lowest BCUT2D eigenvalue weighted by atomic mass is 9.97. The predicted octanol–water partition coefficient (Wildman–Crippen LogP) is 5.79. The van der Waals surface area contributed by atoms with Gasteiger partial charge in [-0.05, 0) is 22.2 Å². The molecule has 4 N–H and O–H groups in total. The molecule has 22 heavy (non-hydrogen) atoms. The first-order valence-corrected chi connectivity index (χ1v) is 7.23. The van der Waals surface area contributed by atoms with Gasteiger partial charge in [0.15, 0.2) is 0 Å². The molecule has 0 spiro atoms. The largest absolute Gasteiger partial charge is 0.354 e. The minimum absolute atomic E-state index is 0. The van der Waals surface area contributed by atoms with E-state index in [1.54, 1.807) is 0 Å². The lowest BCUT2D eigenvalue weighted by molar-refractivity contribution is 1.56. The van der Waals surface area contributed by atoms with Gasteiger partial charge in [0.05, 0.1) is 5.52 Å². The van der Waals surface area contributed by atoms with Crippen LogP contribution in [0.2, 0.25) is 0 Å². The molecule has 0 amide bonds. The molecule has 4 aromatic carbocycles. The first-order valence-electron chi connectivity index (χ1n) is 7.23. The molecule has 0 radical (unpaired) electrons.